The third-order valence-corrected chi connectivity index (χ3v) is 3.05. The highest BCUT2D eigenvalue weighted by molar-refractivity contribution is 5.66. The Kier molecular flexibility index (Phi) is 6.70. The first kappa shape index (κ1) is 17.0. The number of aliphatic carboxylic acids is 1. The number of rotatable bonds is 8. The Bertz CT molecular complexity index is 508. The number of carbonyl (C=O) groups is 1. The lowest BCUT2D eigenvalue weighted by Crippen LogP contribution is -2.30. The lowest BCUT2D eigenvalue weighted by atomic mass is 10.1. The molecule has 0 aliphatic carbocycles. The zero-order valence-corrected chi connectivity index (χ0v) is 12.7. The van der Waals surface area contributed by atoms with E-state index in [9.17, 15) is 10.1 Å². The second kappa shape index (κ2) is 8.28. The largest absolute Gasteiger partial charge is 0.491 e. The average Bonchev–Trinajstić information content (AvgIpc) is 2.42. The molecule has 0 aliphatic heterocycles. The fraction of sp³-hybridized carbons (Fsp3) is 0.500. The van der Waals surface area contributed by atoms with Crippen LogP contribution in [0.4, 0.5) is 0 Å². The third-order valence-electron chi connectivity index (χ3n) is 3.05. The van der Waals surface area contributed by atoms with Gasteiger partial charge in [-0.15, -0.1) is 0 Å². The normalized spacial score (nSPS) is 12.2. The highest BCUT2D eigenvalue weighted by Crippen LogP contribution is 2.24. The molecule has 1 N–H and O–H groups in total. The van der Waals surface area contributed by atoms with E-state index in [2.05, 4.69) is 6.07 Å². The molecule has 0 aromatic heterocycles. The Labute approximate surface area is 125 Å². The maximum atomic E-state index is 10.7. The molecule has 1 rings (SSSR count). The van der Waals surface area contributed by atoms with Gasteiger partial charge in [0.1, 0.15) is 11.8 Å². The Balaban J connectivity index is 2.92. The smallest absolute Gasteiger partial charge is 0.304 e. The molecule has 5 nitrogen and oxygen atoms in total. The van der Waals surface area contributed by atoms with Gasteiger partial charge in [-0.2, -0.15) is 5.26 Å². The zero-order valence-electron chi connectivity index (χ0n) is 12.7. The van der Waals surface area contributed by atoms with Gasteiger partial charge in [0.25, 0.3) is 0 Å². The van der Waals surface area contributed by atoms with Crippen LogP contribution in [0.1, 0.15) is 38.8 Å². The van der Waals surface area contributed by atoms with Crippen molar-refractivity contribution in [2.24, 2.45) is 0 Å². The number of carboxylic acid groups (broad SMARTS) is 1. The van der Waals surface area contributed by atoms with Gasteiger partial charge >= 0.3 is 5.97 Å². The quantitative estimate of drug-likeness (QED) is 0.797. The number of nitriles is 1. The molecule has 0 heterocycles. The van der Waals surface area contributed by atoms with Gasteiger partial charge in [-0.25, -0.2) is 0 Å². The van der Waals surface area contributed by atoms with Crippen LogP contribution in [0.3, 0.4) is 0 Å². The molecule has 1 aromatic carbocycles. The Morgan fingerprint density at radius 2 is 2.19 bits per heavy atom. The molecule has 114 valence electrons. The highest BCUT2D eigenvalue weighted by atomic mass is 16.5. The first-order chi connectivity index (χ1) is 9.97. The maximum absolute atomic E-state index is 10.7. The number of carboxylic acids is 1. The van der Waals surface area contributed by atoms with E-state index < -0.39 is 12.0 Å². The second-order valence-electron chi connectivity index (χ2n) is 5.04. The Hall–Kier alpha value is -2.06. The number of nitrogens with zero attached hydrogens (tertiary/aromatic N) is 2. The van der Waals surface area contributed by atoms with E-state index in [4.69, 9.17) is 9.84 Å². The summed E-state index contributed by atoms with van der Waals surface area (Å²) in [7, 11) is 0. The van der Waals surface area contributed by atoms with E-state index in [1.807, 2.05) is 49.9 Å². The van der Waals surface area contributed by atoms with Crippen molar-refractivity contribution in [1.29, 1.82) is 5.26 Å². The van der Waals surface area contributed by atoms with Crippen molar-refractivity contribution in [3.63, 3.8) is 0 Å². The van der Waals surface area contributed by atoms with E-state index >= 15 is 0 Å². The molecule has 0 bridgehead atoms. The fourth-order valence-corrected chi connectivity index (χ4v) is 2.11. The van der Waals surface area contributed by atoms with E-state index in [0.29, 0.717) is 13.1 Å². The minimum atomic E-state index is -0.859. The van der Waals surface area contributed by atoms with Crippen molar-refractivity contribution in [2.45, 2.75) is 39.3 Å². The van der Waals surface area contributed by atoms with Crippen molar-refractivity contribution in [1.82, 2.24) is 4.90 Å². The predicted molar refractivity (Wildman–Crippen MR) is 80.1 cm³/mol. The van der Waals surface area contributed by atoms with Gasteiger partial charge in [-0.05, 0) is 38.1 Å². The second-order valence-corrected chi connectivity index (χ2v) is 5.04. The van der Waals surface area contributed by atoms with Crippen LogP contribution in [0.15, 0.2) is 24.3 Å². The van der Waals surface area contributed by atoms with Crippen LogP contribution in [0, 0.1) is 11.3 Å². The molecule has 0 saturated carbocycles. The predicted octanol–water partition coefficient (Wildman–Crippen LogP) is 2.84. The van der Waals surface area contributed by atoms with Gasteiger partial charge in [-0.3, -0.25) is 9.69 Å². The summed E-state index contributed by atoms with van der Waals surface area (Å²) >= 11 is 0. The fourth-order valence-electron chi connectivity index (χ4n) is 2.11. The molecular weight excluding hydrogens is 268 g/mol. The van der Waals surface area contributed by atoms with Gasteiger partial charge in [0.15, 0.2) is 0 Å². The van der Waals surface area contributed by atoms with Crippen LogP contribution in [0.25, 0.3) is 0 Å². The van der Waals surface area contributed by atoms with Crippen LogP contribution in [-0.4, -0.2) is 35.2 Å². The molecule has 1 aromatic rings. The van der Waals surface area contributed by atoms with E-state index in [1.165, 1.54) is 0 Å². The summed E-state index contributed by atoms with van der Waals surface area (Å²) in [6.45, 7) is 6.76. The van der Waals surface area contributed by atoms with E-state index in [0.717, 1.165) is 11.3 Å². The third kappa shape index (κ3) is 5.44. The minimum absolute atomic E-state index is 0.0220. The van der Waals surface area contributed by atoms with E-state index in [-0.39, 0.29) is 12.5 Å². The summed E-state index contributed by atoms with van der Waals surface area (Å²) in [6, 6.07) is 9.20. The molecule has 0 radical (unpaired) electrons. The van der Waals surface area contributed by atoms with Crippen molar-refractivity contribution in [3.05, 3.63) is 29.8 Å². The summed E-state index contributed by atoms with van der Waals surface area (Å²) in [4.78, 5) is 12.6. The molecular formula is C16H22N2O3. The molecule has 0 amide bonds. The SMILES string of the molecule is CCN(CCC(=O)O)C(C#N)c1cccc(OC(C)C)c1. The first-order valence-corrected chi connectivity index (χ1v) is 7.10. The van der Waals surface area contributed by atoms with Gasteiger partial charge in [0.05, 0.1) is 18.6 Å². The lowest BCUT2D eigenvalue weighted by Gasteiger charge is -2.25. The highest BCUT2D eigenvalue weighted by Gasteiger charge is 2.20. The maximum Gasteiger partial charge on any atom is 0.304 e. The number of benzene rings is 1. The molecule has 1 unspecified atom stereocenters. The van der Waals surface area contributed by atoms with Gasteiger partial charge in [0.2, 0.25) is 0 Å². The minimum Gasteiger partial charge on any atom is -0.491 e. The van der Waals surface area contributed by atoms with Gasteiger partial charge in [-0.1, -0.05) is 19.1 Å². The molecule has 0 saturated heterocycles. The number of ether oxygens (including phenoxy) is 1. The van der Waals surface area contributed by atoms with Crippen molar-refractivity contribution >= 4 is 5.97 Å². The Morgan fingerprint density at radius 3 is 2.71 bits per heavy atom. The van der Waals surface area contributed by atoms with Crippen LogP contribution in [0.5, 0.6) is 5.75 Å². The van der Waals surface area contributed by atoms with Crippen LogP contribution in [0.2, 0.25) is 0 Å². The Morgan fingerprint density at radius 1 is 1.48 bits per heavy atom. The first-order valence-electron chi connectivity index (χ1n) is 7.10. The summed E-state index contributed by atoms with van der Waals surface area (Å²) in [6.07, 6.45) is 0.0869. The van der Waals surface area contributed by atoms with Crippen LogP contribution < -0.4 is 4.74 Å². The lowest BCUT2D eigenvalue weighted by molar-refractivity contribution is -0.137. The molecule has 0 fully saturated rings. The molecule has 0 spiro atoms. The molecule has 0 aliphatic rings. The van der Waals surface area contributed by atoms with Crippen molar-refractivity contribution < 1.29 is 14.6 Å². The summed E-state index contributed by atoms with van der Waals surface area (Å²) in [5.74, 6) is -0.140. The topological polar surface area (TPSA) is 73.6 Å². The van der Waals surface area contributed by atoms with Crippen LogP contribution >= 0.6 is 0 Å². The van der Waals surface area contributed by atoms with Crippen molar-refractivity contribution in [2.75, 3.05) is 13.1 Å². The number of hydrogen-bond acceptors (Lipinski definition) is 4. The van der Waals surface area contributed by atoms with Gasteiger partial charge in [0, 0.05) is 6.54 Å². The zero-order chi connectivity index (χ0) is 15.8. The summed E-state index contributed by atoms with van der Waals surface area (Å²) < 4.78 is 5.64. The number of hydrogen-bond donors (Lipinski definition) is 1. The average molecular weight is 290 g/mol. The molecule has 21 heavy (non-hydrogen) atoms. The summed E-state index contributed by atoms with van der Waals surface area (Å²) in [5, 5.41) is 18.2. The van der Waals surface area contributed by atoms with Crippen molar-refractivity contribution in [3.8, 4) is 11.8 Å². The van der Waals surface area contributed by atoms with E-state index in [1.54, 1.807) is 0 Å². The standard InChI is InChI=1S/C16H22N2O3/c1-4-18(9-8-16(19)20)15(11-17)13-6-5-7-14(10-13)21-12(2)3/h5-7,10,12,15H,4,8-9H2,1-3H3,(H,19,20). The monoisotopic (exact) mass is 290 g/mol. The van der Waals surface area contributed by atoms with Crippen LogP contribution in [-0.2, 0) is 4.79 Å². The molecule has 1 atom stereocenters. The van der Waals surface area contributed by atoms with Gasteiger partial charge < -0.3 is 9.84 Å². The molecule has 5 heteroatoms. The summed E-state index contributed by atoms with van der Waals surface area (Å²) in [5.41, 5.74) is 0.822.